The third-order valence-electron chi connectivity index (χ3n) is 5.06. The lowest BCUT2D eigenvalue weighted by molar-refractivity contribution is -0.151. The number of benzene rings is 1. The molecule has 0 spiro atoms. The molecule has 1 N–H and O–H groups in total. The van der Waals surface area contributed by atoms with Gasteiger partial charge in [-0.2, -0.15) is 0 Å². The van der Waals surface area contributed by atoms with Crippen molar-refractivity contribution in [2.75, 3.05) is 11.1 Å². The maximum absolute atomic E-state index is 14.0. The average Bonchev–Trinajstić information content (AvgIpc) is 3.09. The average molecular weight is 395 g/mol. The van der Waals surface area contributed by atoms with Gasteiger partial charge in [0, 0.05) is 5.75 Å². The summed E-state index contributed by atoms with van der Waals surface area (Å²) < 4.78 is 19.4. The molecule has 1 aliphatic carbocycles. The lowest BCUT2D eigenvalue weighted by Gasteiger charge is -2.35. The molecule has 0 aromatic heterocycles. The lowest BCUT2D eigenvalue weighted by atomic mass is 9.88. The van der Waals surface area contributed by atoms with E-state index < -0.39 is 17.9 Å². The first-order chi connectivity index (χ1) is 13.0. The molecule has 0 radical (unpaired) electrons. The van der Waals surface area contributed by atoms with E-state index in [1.807, 2.05) is 0 Å². The lowest BCUT2D eigenvalue weighted by Crippen LogP contribution is -2.50. The van der Waals surface area contributed by atoms with Crippen molar-refractivity contribution in [1.29, 1.82) is 0 Å². The molecule has 2 unspecified atom stereocenters. The van der Waals surface area contributed by atoms with Crippen molar-refractivity contribution in [2.45, 2.75) is 63.5 Å². The maximum atomic E-state index is 14.0. The summed E-state index contributed by atoms with van der Waals surface area (Å²) in [5.41, 5.74) is 0.123. The molecule has 2 amide bonds. The molecule has 0 bridgehead atoms. The van der Waals surface area contributed by atoms with Gasteiger partial charge in [-0.1, -0.05) is 31.4 Å². The first kappa shape index (κ1) is 20.0. The van der Waals surface area contributed by atoms with Crippen LogP contribution in [0, 0.1) is 11.7 Å². The quantitative estimate of drug-likeness (QED) is 0.756. The van der Waals surface area contributed by atoms with E-state index in [0.29, 0.717) is 11.7 Å². The molecule has 2 atom stereocenters. The number of nitrogens with zero attached hydrogens (tertiary/aromatic N) is 1. The number of nitrogens with one attached hydrogen (secondary N) is 1. The highest BCUT2D eigenvalue weighted by molar-refractivity contribution is 8.00. The summed E-state index contributed by atoms with van der Waals surface area (Å²) in [6.07, 6.45) is 5.36. The summed E-state index contributed by atoms with van der Waals surface area (Å²) in [7, 11) is 0. The zero-order valence-electron chi connectivity index (χ0n) is 15.8. The topological polar surface area (TPSA) is 58.6 Å². The van der Waals surface area contributed by atoms with Crippen LogP contribution in [0.25, 0.3) is 0 Å². The number of thioether (sulfide) groups is 1. The number of amides is 2. The third-order valence-corrected chi connectivity index (χ3v) is 6.52. The number of hydrogen-bond donors (Lipinski definition) is 1. The number of esters is 1. The van der Waals surface area contributed by atoms with Crippen LogP contribution in [0.15, 0.2) is 24.3 Å². The normalized spacial score (nSPS) is 23.5. The van der Waals surface area contributed by atoms with E-state index in [1.54, 1.807) is 42.6 Å². The van der Waals surface area contributed by atoms with Crippen molar-refractivity contribution in [2.24, 2.45) is 5.92 Å². The van der Waals surface area contributed by atoms with E-state index in [2.05, 4.69) is 5.32 Å². The van der Waals surface area contributed by atoms with Crippen LogP contribution in [-0.2, 0) is 9.53 Å². The molecule has 2 fully saturated rings. The fourth-order valence-corrected chi connectivity index (χ4v) is 5.43. The molecule has 1 saturated heterocycles. The predicted octanol–water partition coefficient (Wildman–Crippen LogP) is 4.63. The van der Waals surface area contributed by atoms with Gasteiger partial charge >= 0.3 is 12.0 Å². The summed E-state index contributed by atoms with van der Waals surface area (Å²) >= 11 is 1.63. The van der Waals surface area contributed by atoms with Crippen molar-refractivity contribution < 1.29 is 18.7 Å². The zero-order valence-corrected chi connectivity index (χ0v) is 16.6. The number of carbonyl (C=O) groups excluding carboxylic acids is 2. The van der Waals surface area contributed by atoms with Crippen molar-refractivity contribution in [1.82, 2.24) is 4.90 Å². The van der Waals surface area contributed by atoms with Crippen LogP contribution in [0.2, 0.25) is 0 Å². The maximum Gasteiger partial charge on any atom is 0.330 e. The highest BCUT2D eigenvalue weighted by atomic mass is 32.2. The number of anilines is 1. The minimum absolute atomic E-state index is 0.0817. The molecule has 1 saturated carbocycles. The van der Waals surface area contributed by atoms with Crippen LogP contribution >= 0.6 is 11.8 Å². The van der Waals surface area contributed by atoms with Gasteiger partial charge in [0.1, 0.15) is 11.9 Å². The van der Waals surface area contributed by atoms with E-state index in [4.69, 9.17) is 4.74 Å². The highest BCUT2D eigenvalue weighted by Gasteiger charge is 2.46. The van der Waals surface area contributed by atoms with Crippen LogP contribution in [0.3, 0.4) is 0 Å². The standard InChI is InChI=1S/C20H27FN2O3S/c1-13(2)26-19(24)17-12-27-18(14-8-4-3-5-9-14)23(17)20(25)22-16-11-7-6-10-15(16)21/h6-7,10-11,13-14,17-18H,3-5,8-9,12H2,1-2H3,(H,22,25). The Morgan fingerprint density at radius 1 is 1.22 bits per heavy atom. The highest BCUT2D eigenvalue weighted by Crippen LogP contribution is 2.41. The number of rotatable bonds is 4. The van der Waals surface area contributed by atoms with Crippen molar-refractivity contribution in [3.63, 3.8) is 0 Å². The second-order valence-corrected chi connectivity index (χ2v) is 8.59. The Balaban J connectivity index is 1.81. The number of carbonyl (C=O) groups is 2. The first-order valence-corrected chi connectivity index (χ1v) is 10.7. The molecule has 7 heteroatoms. The van der Waals surface area contributed by atoms with E-state index in [9.17, 15) is 14.0 Å². The predicted molar refractivity (Wildman–Crippen MR) is 105 cm³/mol. The van der Waals surface area contributed by atoms with Gasteiger partial charge in [-0.25, -0.2) is 14.0 Å². The minimum atomic E-state index is -0.643. The second-order valence-electron chi connectivity index (χ2n) is 7.44. The number of ether oxygens (including phenoxy) is 1. The van der Waals surface area contributed by atoms with Crippen LogP contribution in [-0.4, -0.2) is 40.2 Å². The van der Waals surface area contributed by atoms with Crippen LogP contribution in [0.1, 0.15) is 46.0 Å². The van der Waals surface area contributed by atoms with E-state index in [0.717, 1.165) is 25.7 Å². The fourth-order valence-electron chi connectivity index (χ4n) is 3.80. The number of urea groups is 1. The molecule has 27 heavy (non-hydrogen) atoms. The molecule has 2 aliphatic rings. The smallest absolute Gasteiger partial charge is 0.330 e. The molecule has 1 aliphatic heterocycles. The molecule has 1 heterocycles. The molecular weight excluding hydrogens is 367 g/mol. The van der Waals surface area contributed by atoms with E-state index in [-0.39, 0.29) is 23.1 Å². The van der Waals surface area contributed by atoms with Gasteiger partial charge in [-0.05, 0) is 44.7 Å². The van der Waals surface area contributed by atoms with Crippen LogP contribution in [0.5, 0.6) is 0 Å². The largest absolute Gasteiger partial charge is 0.461 e. The fraction of sp³-hybridized carbons (Fsp3) is 0.600. The Labute approximate surface area is 164 Å². The summed E-state index contributed by atoms with van der Waals surface area (Å²) in [4.78, 5) is 27.2. The van der Waals surface area contributed by atoms with E-state index >= 15 is 0 Å². The van der Waals surface area contributed by atoms with Gasteiger partial charge in [-0.15, -0.1) is 11.8 Å². The molecule has 5 nitrogen and oxygen atoms in total. The summed E-state index contributed by atoms with van der Waals surface area (Å²) in [6.45, 7) is 3.59. The zero-order chi connectivity index (χ0) is 19.4. The minimum Gasteiger partial charge on any atom is -0.461 e. The van der Waals surface area contributed by atoms with E-state index in [1.165, 1.54) is 18.6 Å². The second kappa shape index (κ2) is 8.95. The van der Waals surface area contributed by atoms with Gasteiger partial charge in [0.2, 0.25) is 0 Å². The van der Waals surface area contributed by atoms with Crippen molar-refractivity contribution in [3.05, 3.63) is 30.1 Å². The van der Waals surface area contributed by atoms with Crippen molar-refractivity contribution >= 4 is 29.4 Å². The van der Waals surface area contributed by atoms with Gasteiger partial charge in [0.15, 0.2) is 0 Å². The van der Waals surface area contributed by atoms with Crippen molar-refractivity contribution in [3.8, 4) is 0 Å². The van der Waals surface area contributed by atoms with Crippen LogP contribution < -0.4 is 5.32 Å². The number of para-hydroxylation sites is 1. The summed E-state index contributed by atoms with van der Waals surface area (Å²) in [5.74, 6) is -0.0167. The molecule has 1 aromatic carbocycles. The van der Waals surface area contributed by atoms with Gasteiger partial charge in [0.25, 0.3) is 0 Å². The third kappa shape index (κ3) is 4.75. The molecular formula is C20H27FN2O3S. The van der Waals surface area contributed by atoms with Gasteiger partial charge in [-0.3, -0.25) is 4.90 Å². The summed E-state index contributed by atoms with van der Waals surface area (Å²) in [5, 5.41) is 2.57. The number of halogens is 1. The molecule has 1 aromatic rings. The first-order valence-electron chi connectivity index (χ1n) is 9.63. The Morgan fingerprint density at radius 2 is 1.93 bits per heavy atom. The SMILES string of the molecule is CC(C)OC(=O)C1CSC(C2CCCCC2)N1C(=O)Nc1ccccc1F. The number of hydrogen-bond acceptors (Lipinski definition) is 4. The molecule has 148 valence electrons. The Bertz CT molecular complexity index is 679. The Morgan fingerprint density at radius 3 is 2.59 bits per heavy atom. The van der Waals surface area contributed by atoms with Crippen LogP contribution in [0.4, 0.5) is 14.9 Å². The molecule has 3 rings (SSSR count). The Hall–Kier alpha value is -1.76. The van der Waals surface area contributed by atoms with Gasteiger partial charge < -0.3 is 10.1 Å². The monoisotopic (exact) mass is 394 g/mol. The Kier molecular flexibility index (Phi) is 6.63. The summed E-state index contributed by atoms with van der Waals surface area (Å²) in [6, 6.07) is 4.98. The van der Waals surface area contributed by atoms with Gasteiger partial charge in [0.05, 0.1) is 17.2 Å².